The molecule has 3 heteroatoms. The lowest BCUT2D eigenvalue weighted by Crippen LogP contribution is -1.91. The third-order valence-corrected chi connectivity index (χ3v) is 5.95. The first-order valence-corrected chi connectivity index (χ1v) is 10.8. The molecule has 0 bridgehead atoms. The molecule has 0 atom stereocenters. The Labute approximate surface area is 173 Å². The zero-order chi connectivity index (χ0) is 18.4. The smallest absolute Gasteiger partial charge is 0.0178 e. The van der Waals surface area contributed by atoms with E-state index in [0.29, 0.717) is 0 Å². The zero-order valence-corrected chi connectivity index (χ0v) is 19.2. The SMILES string of the molecule is CC(C)=CCc1cc(Br)ccc1Sc1ccc(Br)cc1CC=C(C)C. The highest BCUT2D eigenvalue weighted by molar-refractivity contribution is 9.10. The van der Waals surface area contributed by atoms with Crippen LogP contribution in [0.2, 0.25) is 0 Å². The van der Waals surface area contributed by atoms with Crippen molar-refractivity contribution in [2.75, 3.05) is 0 Å². The summed E-state index contributed by atoms with van der Waals surface area (Å²) in [4.78, 5) is 2.64. The Morgan fingerprint density at radius 3 is 1.52 bits per heavy atom. The predicted molar refractivity (Wildman–Crippen MR) is 119 cm³/mol. The van der Waals surface area contributed by atoms with E-state index in [9.17, 15) is 0 Å². The second kappa shape index (κ2) is 9.80. The molecule has 0 spiro atoms. The summed E-state index contributed by atoms with van der Waals surface area (Å²) in [6.45, 7) is 8.60. The lowest BCUT2D eigenvalue weighted by Gasteiger charge is -2.12. The van der Waals surface area contributed by atoms with Crippen LogP contribution in [-0.2, 0) is 12.8 Å². The number of hydrogen-bond donors (Lipinski definition) is 0. The molecule has 0 fully saturated rings. The van der Waals surface area contributed by atoms with Crippen LogP contribution >= 0.6 is 43.6 Å². The molecule has 2 aromatic rings. The minimum atomic E-state index is 0.962. The predicted octanol–water partition coefficient (Wildman–Crippen LogP) is 8.38. The monoisotopic (exact) mass is 478 g/mol. The molecule has 0 aliphatic heterocycles. The number of allylic oxidation sites excluding steroid dienone is 4. The molecule has 0 N–H and O–H groups in total. The summed E-state index contributed by atoms with van der Waals surface area (Å²) in [5.74, 6) is 0. The fourth-order valence-electron chi connectivity index (χ4n) is 2.36. The molecule has 2 rings (SSSR count). The van der Waals surface area contributed by atoms with Crippen molar-refractivity contribution in [1.82, 2.24) is 0 Å². The quantitative estimate of drug-likeness (QED) is 0.375. The Morgan fingerprint density at radius 2 is 1.16 bits per heavy atom. The van der Waals surface area contributed by atoms with E-state index in [1.165, 1.54) is 32.1 Å². The van der Waals surface area contributed by atoms with Crippen LogP contribution in [-0.4, -0.2) is 0 Å². The molecule has 0 radical (unpaired) electrons. The van der Waals surface area contributed by atoms with Crippen LogP contribution in [0.5, 0.6) is 0 Å². The van der Waals surface area contributed by atoms with Crippen LogP contribution < -0.4 is 0 Å². The normalized spacial score (nSPS) is 10.5. The van der Waals surface area contributed by atoms with E-state index in [-0.39, 0.29) is 0 Å². The van der Waals surface area contributed by atoms with Crippen molar-refractivity contribution in [3.63, 3.8) is 0 Å². The van der Waals surface area contributed by atoms with Gasteiger partial charge in [0.25, 0.3) is 0 Å². The van der Waals surface area contributed by atoms with E-state index in [4.69, 9.17) is 0 Å². The third-order valence-electron chi connectivity index (χ3n) is 3.73. The molecule has 0 saturated carbocycles. The highest BCUT2D eigenvalue weighted by Crippen LogP contribution is 2.36. The van der Waals surface area contributed by atoms with E-state index in [1.807, 2.05) is 11.8 Å². The van der Waals surface area contributed by atoms with Gasteiger partial charge in [-0.05, 0) is 88.1 Å². The van der Waals surface area contributed by atoms with Crippen LogP contribution in [0.25, 0.3) is 0 Å². The van der Waals surface area contributed by atoms with Gasteiger partial charge >= 0.3 is 0 Å². The second-order valence-corrected chi connectivity index (χ2v) is 9.49. The molecule has 0 heterocycles. The van der Waals surface area contributed by atoms with Gasteiger partial charge in [-0.3, -0.25) is 0 Å². The van der Waals surface area contributed by atoms with Crippen molar-refractivity contribution in [2.45, 2.75) is 50.3 Å². The van der Waals surface area contributed by atoms with E-state index >= 15 is 0 Å². The number of hydrogen-bond acceptors (Lipinski definition) is 1. The summed E-state index contributed by atoms with van der Waals surface area (Å²) in [6.07, 6.45) is 6.50. The molecule has 25 heavy (non-hydrogen) atoms. The first-order chi connectivity index (χ1) is 11.8. The Bertz CT molecular complexity index is 728. The minimum Gasteiger partial charge on any atom is -0.0895 e. The third kappa shape index (κ3) is 6.80. The van der Waals surface area contributed by atoms with Gasteiger partial charge in [-0.25, -0.2) is 0 Å². The van der Waals surface area contributed by atoms with Gasteiger partial charge in [0.2, 0.25) is 0 Å². The van der Waals surface area contributed by atoms with Crippen molar-refractivity contribution in [2.24, 2.45) is 0 Å². The fraction of sp³-hybridized carbons (Fsp3) is 0.273. The van der Waals surface area contributed by atoms with Gasteiger partial charge in [0.15, 0.2) is 0 Å². The molecule has 0 aromatic heterocycles. The van der Waals surface area contributed by atoms with E-state index in [2.05, 4.69) is 108 Å². The zero-order valence-electron chi connectivity index (χ0n) is 15.2. The second-order valence-electron chi connectivity index (χ2n) is 6.58. The van der Waals surface area contributed by atoms with Crippen LogP contribution in [0.15, 0.2) is 78.4 Å². The lowest BCUT2D eigenvalue weighted by molar-refractivity contribution is 1.12. The maximum Gasteiger partial charge on any atom is 0.0178 e. The molecular formula is C22H24Br2S. The maximum absolute atomic E-state index is 3.61. The number of halogens is 2. The van der Waals surface area contributed by atoms with E-state index in [1.54, 1.807) is 0 Å². The fourth-order valence-corrected chi connectivity index (χ4v) is 4.23. The molecular weight excluding hydrogens is 456 g/mol. The first-order valence-electron chi connectivity index (χ1n) is 8.36. The highest BCUT2D eigenvalue weighted by Gasteiger charge is 2.09. The molecule has 0 aliphatic rings. The summed E-state index contributed by atoms with van der Waals surface area (Å²) < 4.78 is 2.27. The van der Waals surface area contributed by atoms with Gasteiger partial charge in [-0.15, -0.1) is 0 Å². The molecule has 0 amide bonds. The van der Waals surface area contributed by atoms with Gasteiger partial charge in [0.05, 0.1) is 0 Å². The van der Waals surface area contributed by atoms with Gasteiger partial charge < -0.3 is 0 Å². The molecule has 132 valence electrons. The molecule has 0 aliphatic carbocycles. The summed E-state index contributed by atoms with van der Waals surface area (Å²) >= 11 is 9.08. The average Bonchev–Trinajstić information content (AvgIpc) is 2.54. The number of rotatable bonds is 6. The van der Waals surface area contributed by atoms with E-state index < -0.39 is 0 Å². The summed E-state index contributed by atoms with van der Waals surface area (Å²) in [5.41, 5.74) is 5.42. The molecule has 2 aromatic carbocycles. The molecule has 0 unspecified atom stereocenters. The van der Waals surface area contributed by atoms with Crippen molar-refractivity contribution in [3.8, 4) is 0 Å². The summed E-state index contributed by atoms with van der Waals surface area (Å²) in [7, 11) is 0. The average molecular weight is 480 g/mol. The van der Waals surface area contributed by atoms with Crippen molar-refractivity contribution < 1.29 is 0 Å². The highest BCUT2D eigenvalue weighted by atomic mass is 79.9. The van der Waals surface area contributed by atoms with E-state index in [0.717, 1.165) is 21.8 Å². The Balaban J connectivity index is 2.36. The van der Waals surface area contributed by atoms with Crippen LogP contribution in [0.4, 0.5) is 0 Å². The largest absolute Gasteiger partial charge is 0.0895 e. The molecule has 0 nitrogen and oxygen atoms in total. The van der Waals surface area contributed by atoms with Crippen molar-refractivity contribution in [3.05, 3.63) is 79.8 Å². The summed E-state index contributed by atoms with van der Waals surface area (Å²) in [5, 5.41) is 0. The van der Waals surface area contributed by atoms with Gasteiger partial charge in [-0.1, -0.05) is 66.9 Å². The van der Waals surface area contributed by atoms with Crippen molar-refractivity contribution >= 4 is 43.6 Å². The van der Waals surface area contributed by atoms with Gasteiger partial charge in [-0.2, -0.15) is 0 Å². The standard InChI is InChI=1S/C22H24Br2S/c1-15(2)5-7-17-13-19(23)9-11-21(17)25-22-12-10-20(24)14-18(22)8-6-16(3)4/h5-6,9-14H,7-8H2,1-4H3. The van der Waals surface area contributed by atoms with Crippen molar-refractivity contribution in [1.29, 1.82) is 0 Å². The minimum absolute atomic E-state index is 0.962. The topological polar surface area (TPSA) is 0 Å². The Kier molecular flexibility index (Phi) is 8.05. The van der Waals surface area contributed by atoms with Crippen LogP contribution in [0.3, 0.4) is 0 Å². The lowest BCUT2D eigenvalue weighted by atomic mass is 10.1. The Morgan fingerprint density at radius 1 is 0.760 bits per heavy atom. The van der Waals surface area contributed by atoms with Crippen LogP contribution in [0.1, 0.15) is 38.8 Å². The van der Waals surface area contributed by atoms with Gasteiger partial charge in [0, 0.05) is 18.7 Å². The summed E-state index contributed by atoms with van der Waals surface area (Å²) in [6, 6.07) is 13.2. The van der Waals surface area contributed by atoms with Gasteiger partial charge in [0.1, 0.15) is 0 Å². The maximum atomic E-state index is 3.61. The van der Waals surface area contributed by atoms with Crippen LogP contribution in [0, 0.1) is 0 Å². The number of benzene rings is 2. The first kappa shape index (κ1) is 20.5. The molecule has 0 saturated heterocycles. The Hall–Kier alpha value is -0.770.